The molecule has 1 heterocycles. The van der Waals surface area contributed by atoms with Gasteiger partial charge >= 0.3 is 0 Å². The number of nitrogens with zero attached hydrogens (tertiary/aromatic N) is 2. The predicted octanol–water partition coefficient (Wildman–Crippen LogP) is 0.117. The smallest absolute Gasteiger partial charge is 0.145 e. The highest BCUT2D eigenvalue weighted by atomic mass is 16.3. The van der Waals surface area contributed by atoms with Gasteiger partial charge in [-0.3, -0.25) is 0 Å². The van der Waals surface area contributed by atoms with Crippen molar-refractivity contribution in [2.24, 2.45) is 5.84 Å². The van der Waals surface area contributed by atoms with Crippen molar-refractivity contribution < 1.29 is 5.11 Å². The number of anilines is 2. The van der Waals surface area contributed by atoms with Crippen LogP contribution >= 0.6 is 0 Å². The molecule has 0 bridgehead atoms. The maximum atomic E-state index is 8.90. The molecule has 0 fully saturated rings. The fourth-order valence-corrected chi connectivity index (χ4v) is 1.10. The van der Waals surface area contributed by atoms with Crippen molar-refractivity contribution in [2.45, 2.75) is 26.3 Å². The normalized spacial score (nSPS) is 12.3. The number of nitrogen functional groups attached to an aromatic ring is 1. The number of aliphatic hydroxyl groups excluding tert-OH is 1. The average molecular weight is 211 g/mol. The molecule has 15 heavy (non-hydrogen) atoms. The summed E-state index contributed by atoms with van der Waals surface area (Å²) in [6, 6.07) is 1.65. The lowest BCUT2D eigenvalue weighted by Gasteiger charge is -2.13. The van der Waals surface area contributed by atoms with Gasteiger partial charge in [0.15, 0.2) is 0 Å². The number of aromatic nitrogens is 2. The fourth-order valence-electron chi connectivity index (χ4n) is 1.10. The molecule has 0 spiro atoms. The maximum absolute atomic E-state index is 8.90. The molecule has 84 valence electrons. The van der Waals surface area contributed by atoms with E-state index in [1.54, 1.807) is 6.07 Å². The van der Waals surface area contributed by atoms with Crippen molar-refractivity contribution >= 4 is 11.6 Å². The van der Waals surface area contributed by atoms with Crippen LogP contribution in [-0.4, -0.2) is 27.7 Å². The standard InChI is InChI=1S/C9H17N5O/c1-3-7-12-8(11-6(2)5-15)4-9(13-7)14-10/h4,6,15H,3,5,10H2,1-2H3,(H2,11,12,13,14). The lowest BCUT2D eigenvalue weighted by Crippen LogP contribution is -2.21. The Hall–Kier alpha value is -1.40. The topological polar surface area (TPSA) is 96.1 Å². The molecule has 6 nitrogen and oxygen atoms in total. The van der Waals surface area contributed by atoms with Crippen LogP contribution in [0.1, 0.15) is 19.7 Å². The maximum Gasteiger partial charge on any atom is 0.145 e. The average Bonchev–Trinajstić information content (AvgIpc) is 2.28. The van der Waals surface area contributed by atoms with Crippen molar-refractivity contribution in [2.75, 3.05) is 17.3 Å². The molecule has 1 aromatic rings. The molecular formula is C9H17N5O. The van der Waals surface area contributed by atoms with E-state index in [1.807, 2.05) is 13.8 Å². The van der Waals surface area contributed by atoms with Crippen LogP contribution in [0, 0.1) is 0 Å². The van der Waals surface area contributed by atoms with Gasteiger partial charge in [-0.2, -0.15) is 0 Å². The summed E-state index contributed by atoms with van der Waals surface area (Å²) in [7, 11) is 0. The van der Waals surface area contributed by atoms with Crippen LogP contribution in [0.4, 0.5) is 11.6 Å². The molecule has 0 aromatic carbocycles. The van der Waals surface area contributed by atoms with Crippen LogP contribution in [0.3, 0.4) is 0 Å². The quantitative estimate of drug-likeness (QED) is 0.408. The number of hydrazine groups is 1. The molecule has 5 N–H and O–H groups in total. The van der Waals surface area contributed by atoms with E-state index in [0.29, 0.717) is 17.5 Å². The van der Waals surface area contributed by atoms with Gasteiger partial charge in [0.25, 0.3) is 0 Å². The molecule has 0 saturated carbocycles. The highest BCUT2D eigenvalue weighted by Gasteiger charge is 2.05. The first kappa shape index (κ1) is 11.7. The Labute approximate surface area is 88.9 Å². The van der Waals surface area contributed by atoms with Crippen LogP contribution in [-0.2, 0) is 6.42 Å². The minimum absolute atomic E-state index is 0.0461. The Balaban J connectivity index is 2.86. The molecular weight excluding hydrogens is 194 g/mol. The molecule has 0 aliphatic rings. The molecule has 6 heteroatoms. The summed E-state index contributed by atoms with van der Waals surface area (Å²) in [4.78, 5) is 8.41. The highest BCUT2D eigenvalue weighted by Crippen LogP contribution is 2.11. The zero-order chi connectivity index (χ0) is 11.3. The van der Waals surface area contributed by atoms with E-state index in [0.717, 1.165) is 6.42 Å². The van der Waals surface area contributed by atoms with Gasteiger partial charge in [0, 0.05) is 18.5 Å². The first-order valence-corrected chi connectivity index (χ1v) is 4.91. The van der Waals surface area contributed by atoms with Crippen molar-refractivity contribution in [3.05, 3.63) is 11.9 Å². The van der Waals surface area contributed by atoms with Gasteiger partial charge in [-0.15, -0.1) is 0 Å². The molecule has 0 radical (unpaired) electrons. The van der Waals surface area contributed by atoms with Gasteiger partial charge in [-0.25, -0.2) is 15.8 Å². The van der Waals surface area contributed by atoms with Crippen LogP contribution < -0.4 is 16.6 Å². The fraction of sp³-hybridized carbons (Fsp3) is 0.556. The highest BCUT2D eigenvalue weighted by molar-refractivity contribution is 5.47. The van der Waals surface area contributed by atoms with Crippen molar-refractivity contribution in [1.82, 2.24) is 9.97 Å². The second-order valence-electron chi connectivity index (χ2n) is 3.28. The van der Waals surface area contributed by atoms with Gasteiger partial charge < -0.3 is 15.8 Å². The van der Waals surface area contributed by atoms with Gasteiger partial charge in [-0.1, -0.05) is 6.92 Å². The van der Waals surface area contributed by atoms with Gasteiger partial charge in [0.2, 0.25) is 0 Å². The molecule has 0 amide bonds. The van der Waals surface area contributed by atoms with E-state index in [-0.39, 0.29) is 12.6 Å². The third-order valence-corrected chi connectivity index (χ3v) is 1.90. The molecule has 1 atom stereocenters. The summed E-state index contributed by atoms with van der Waals surface area (Å²) in [5, 5.41) is 11.9. The summed E-state index contributed by atoms with van der Waals surface area (Å²) in [5.41, 5.74) is 2.48. The number of nitrogens with two attached hydrogens (primary N) is 1. The van der Waals surface area contributed by atoms with E-state index < -0.39 is 0 Å². The Morgan fingerprint density at radius 1 is 1.47 bits per heavy atom. The SMILES string of the molecule is CCc1nc(NN)cc(NC(C)CO)n1. The summed E-state index contributed by atoms with van der Waals surface area (Å²) >= 11 is 0. The first-order chi connectivity index (χ1) is 7.19. The molecule has 0 saturated heterocycles. The second-order valence-corrected chi connectivity index (χ2v) is 3.28. The minimum atomic E-state index is -0.0461. The molecule has 1 unspecified atom stereocenters. The summed E-state index contributed by atoms with van der Waals surface area (Å²) < 4.78 is 0. The summed E-state index contributed by atoms with van der Waals surface area (Å²) in [6.45, 7) is 3.88. The van der Waals surface area contributed by atoms with Crippen LogP contribution in [0.15, 0.2) is 6.07 Å². The van der Waals surface area contributed by atoms with E-state index >= 15 is 0 Å². The Morgan fingerprint density at radius 3 is 2.67 bits per heavy atom. The number of rotatable bonds is 5. The molecule has 1 aromatic heterocycles. The van der Waals surface area contributed by atoms with E-state index in [9.17, 15) is 0 Å². The minimum Gasteiger partial charge on any atom is -0.394 e. The lowest BCUT2D eigenvalue weighted by molar-refractivity contribution is 0.281. The van der Waals surface area contributed by atoms with E-state index in [2.05, 4.69) is 20.7 Å². The molecule has 0 aliphatic carbocycles. The van der Waals surface area contributed by atoms with Crippen LogP contribution in [0.2, 0.25) is 0 Å². The molecule has 1 rings (SSSR count). The molecule has 0 aliphatic heterocycles. The lowest BCUT2D eigenvalue weighted by atomic mass is 10.3. The zero-order valence-corrected chi connectivity index (χ0v) is 8.99. The predicted molar refractivity (Wildman–Crippen MR) is 59.4 cm³/mol. The Kier molecular flexibility index (Phi) is 4.26. The third kappa shape index (κ3) is 3.34. The number of aryl methyl sites for hydroxylation is 1. The van der Waals surface area contributed by atoms with Crippen LogP contribution in [0.5, 0.6) is 0 Å². The van der Waals surface area contributed by atoms with Crippen molar-refractivity contribution in [1.29, 1.82) is 0 Å². The third-order valence-electron chi connectivity index (χ3n) is 1.90. The number of nitrogens with one attached hydrogen (secondary N) is 2. The van der Waals surface area contributed by atoms with Gasteiger partial charge in [-0.05, 0) is 6.92 Å². The van der Waals surface area contributed by atoms with Gasteiger partial charge in [0.1, 0.15) is 17.5 Å². The Morgan fingerprint density at radius 2 is 2.13 bits per heavy atom. The van der Waals surface area contributed by atoms with Crippen LogP contribution in [0.25, 0.3) is 0 Å². The summed E-state index contributed by atoms with van der Waals surface area (Å²) in [6.07, 6.45) is 0.734. The first-order valence-electron chi connectivity index (χ1n) is 4.91. The van der Waals surface area contributed by atoms with E-state index in [1.165, 1.54) is 0 Å². The van der Waals surface area contributed by atoms with E-state index in [4.69, 9.17) is 10.9 Å². The van der Waals surface area contributed by atoms with Crippen molar-refractivity contribution in [3.8, 4) is 0 Å². The number of aliphatic hydroxyl groups is 1. The number of hydrogen-bond donors (Lipinski definition) is 4. The largest absolute Gasteiger partial charge is 0.394 e. The second kappa shape index (κ2) is 5.47. The van der Waals surface area contributed by atoms with Crippen molar-refractivity contribution in [3.63, 3.8) is 0 Å². The Bertz CT molecular complexity index is 295. The van der Waals surface area contributed by atoms with Gasteiger partial charge in [0.05, 0.1) is 6.61 Å². The number of hydrogen-bond acceptors (Lipinski definition) is 6. The summed E-state index contributed by atoms with van der Waals surface area (Å²) in [5.74, 6) is 7.22. The monoisotopic (exact) mass is 211 g/mol. The zero-order valence-electron chi connectivity index (χ0n) is 8.99.